The van der Waals surface area contributed by atoms with Crippen molar-refractivity contribution in [3.63, 3.8) is 0 Å². The molecule has 1 aromatic heterocycles. The third kappa shape index (κ3) is 5.42. The number of rotatable bonds is 4. The highest BCUT2D eigenvalue weighted by molar-refractivity contribution is 6.31. The second kappa shape index (κ2) is 9.51. The Bertz CT molecular complexity index is 1230. The molecule has 0 bridgehead atoms. The summed E-state index contributed by atoms with van der Waals surface area (Å²) in [5.41, 5.74) is 2.53. The summed E-state index contributed by atoms with van der Waals surface area (Å²) in [5.74, 6) is 0.675. The predicted molar refractivity (Wildman–Crippen MR) is 131 cm³/mol. The van der Waals surface area contributed by atoms with Crippen LogP contribution in [-0.2, 0) is 11.3 Å². The van der Waals surface area contributed by atoms with Gasteiger partial charge in [-0.2, -0.15) is 0 Å². The van der Waals surface area contributed by atoms with Crippen molar-refractivity contribution in [1.82, 2.24) is 14.9 Å². The highest BCUT2D eigenvalue weighted by Gasteiger charge is 2.33. The maximum atomic E-state index is 14.7. The van der Waals surface area contributed by atoms with Crippen LogP contribution in [0.4, 0.5) is 20.8 Å². The van der Waals surface area contributed by atoms with Gasteiger partial charge < -0.3 is 19.5 Å². The summed E-state index contributed by atoms with van der Waals surface area (Å²) in [6.07, 6.45) is -1.57. The largest absolute Gasteiger partial charge is 0.444 e. The van der Waals surface area contributed by atoms with Gasteiger partial charge in [-0.25, -0.2) is 19.0 Å². The quantitative estimate of drug-likeness (QED) is 0.481. The van der Waals surface area contributed by atoms with Crippen molar-refractivity contribution < 1.29 is 13.9 Å². The molecule has 0 spiro atoms. The molecular formula is C25H27ClFN5O2. The van der Waals surface area contributed by atoms with Gasteiger partial charge in [0.1, 0.15) is 11.8 Å². The van der Waals surface area contributed by atoms with Crippen molar-refractivity contribution >= 4 is 40.4 Å². The SMILES string of the molecule is [C-]#[N+]c1ccc(Cn2c(N3CC[C@@H](F)[C@H](NC(=O)OC(C)(C)C)C3)nc3ccc(Cl)cc32)cc1. The van der Waals surface area contributed by atoms with E-state index in [2.05, 4.69) is 10.2 Å². The highest BCUT2D eigenvalue weighted by atomic mass is 35.5. The normalized spacial score (nSPS) is 18.5. The van der Waals surface area contributed by atoms with E-state index >= 15 is 0 Å². The number of aromatic nitrogens is 2. The molecule has 1 aliphatic rings. The molecule has 7 nitrogen and oxygen atoms in total. The van der Waals surface area contributed by atoms with Crippen LogP contribution in [0.25, 0.3) is 15.9 Å². The minimum Gasteiger partial charge on any atom is -0.444 e. The Labute approximate surface area is 203 Å². The Kier molecular flexibility index (Phi) is 6.67. The number of hydrogen-bond acceptors (Lipinski definition) is 4. The van der Waals surface area contributed by atoms with Crippen LogP contribution >= 0.6 is 11.6 Å². The number of alkyl halides is 1. The van der Waals surface area contributed by atoms with Gasteiger partial charge >= 0.3 is 6.09 Å². The van der Waals surface area contributed by atoms with Crippen molar-refractivity contribution in [2.24, 2.45) is 0 Å². The van der Waals surface area contributed by atoms with E-state index in [1.165, 1.54) is 0 Å². The molecule has 2 atom stereocenters. The topological polar surface area (TPSA) is 63.8 Å². The lowest BCUT2D eigenvalue weighted by Crippen LogP contribution is -2.55. The number of anilines is 1. The first kappa shape index (κ1) is 23.8. The summed E-state index contributed by atoms with van der Waals surface area (Å²) in [5, 5.41) is 3.28. The predicted octanol–water partition coefficient (Wildman–Crippen LogP) is 5.73. The molecule has 2 aromatic carbocycles. The zero-order chi connectivity index (χ0) is 24.5. The monoisotopic (exact) mass is 483 g/mol. The van der Waals surface area contributed by atoms with Crippen LogP contribution in [0.3, 0.4) is 0 Å². The number of fused-ring (bicyclic) bond motifs is 1. The first-order valence-corrected chi connectivity index (χ1v) is 11.5. The second-order valence-corrected chi connectivity index (χ2v) is 9.85. The van der Waals surface area contributed by atoms with E-state index in [0.717, 1.165) is 16.6 Å². The highest BCUT2D eigenvalue weighted by Crippen LogP contribution is 2.29. The average molecular weight is 484 g/mol. The van der Waals surface area contributed by atoms with Gasteiger partial charge in [-0.15, -0.1) is 0 Å². The van der Waals surface area contributed by atoms with E-state index in [1.807, 2.05) is 33.7 Å². The van der Waals surface area contributed by atoms with Gasteiger partial charge in [-0.1, -0.05) is 35.9 Å². The van der Waals surface area contributed by atoms with Crippen LogP contribution < -0.4 is 10.2 Å². The molecule has 0 radical (unpaired) electrons. The summed E-state index contributed by atoms with van der Waals surface area (Å²) < 4.78 is 22.1. The fraction of sp³-hybridized carbons (Fsp3) is 0.400. The molecule has 0 saturated carbocycles. The summed E-state index contributed by atoms with van der Waals surface area (Å²) in [4.78, 5) is 22.5. The molecule has 1 saturated heterocycles. The molecule has 4 rings (SSSR count). The lowest BCUT2D eigenvalue weighted by atomic mass is 10.0. The molecule has 2 heterocycles. The smallest absolute Gasteiger partial charge is 0.408 e. The van der Waals surface area contributed by atoms with Crippen molar-refractivity contribution in [2.45, 2.75) is 51.6 Å². The van der Waals surface area contributed by atoms with Gasteiger partial charge in [0.15, 0.2) is 5.69 Å². The number of benzene rings is 2. The lowest BCUT2D eigenvalue weighted by molar-refractivity contribution is 0.0465. The van der Waals surface area contributed by atoms with Gasteiger partial charge in [0, 0.05) is 18.1 Å². The second-order valence-electron chi connectivity index (χ2n) is 9.41. The van der Waals surface area contributed by atoms with Crippen molar-refractivity contribution in [1.29, 1.82) is 0 Å². The molecule has 0 unspecified atom stereocenters. The van der Waals surface area contributed by atoms with E-state index in [4.69, 9.17) is 27.9 Å². The molecule has 1 N–H and O–H groups in total. The Morgan fingerprint density at radius 1 is 1.29 bits per heavy atom. The van der Waals surface area contributed by atoms with Crippen molar-refractivity contribution in [3.8, 4) is 0 Å². The fourth-order valence-corrected chi connectivity index (χ4v) is 4.21. The van der Waals surface area contributed by atoms with Crippen LogP contribution in [0.5, 0.6) is 0 Å². The fourth-order valence-electron chi connectivity index (χ4n) is 4.04. The number of carbonyl (C=O) groups excluding carboxylic acids is 1. The maximum absolute atomic E-state index is 14.7. The van der Waals surface area contributed by atoms with E-state index in [9.17, 15) is 9.18 Å². The third-order valence-corrected chi connectivity index (χ3v) is 5.84. The number of alkyl carbamates (subject to hydrolysis) is 1. The van der Waals surface area contributed by atoms with E-state index in [1.54, 1.807) is 39.0 Å². The average Bonchev–Trinajstić information content (AvgIpc) is 3.12. The number of nitrogens with zero attached hydrogens (tertiary/aromatic N) is 4. The maximum Gasteiger partial charge on any atom is 0.408 e. The minimum atomic E-state index is -1.18. The summed E-state index contributed by atoms with van der Waals surface area (Å²) in [6.45, 7) is 13.7. The molecule has 9 heteroatoms. The molecule has 1 amide bonds. The Morgan fingerprint density at radius 3 is 2.71 bits per heavy atom. The summed E-state index contributed by atoms with van der Waals surface area (Å²) in [7, 11) is 0. The number of amides is 1. The summed E-state index contributed by atoms with van der Waals surface area (Å²) >= 11 is 6.28. The zero-order valence-corrected chi connectivity index (χ0v) is 20.1. The van der Waals surface area contributed by atoms with Crippen molar-refractivity contribution in [3.05, 3.63) is 64.5 Å². The molecule has 1 fully saturated rings. The van der Waals surface area contributed by atoms with Crippen LogP contribution in [0.1, 0.15) is 32.8 Å². The van der Waals surface area contributed by atoms with E-state index < -0.39 is 23.9 Å². The molecule has 0 aliphatic carbocycles. The molecule has 34 heavy (non-hydrogen) atoms. The Balaban J connectivity index is 1.64. The molecule has 1 aliphatic heterocycles. The van der Waals surface area contributed by atoms with Crippen LogP contribution in [-0.4, -0.2) is 46.5 Å². The molecule has 178 valence electrons. The number of hydrogen-bond donors (Lipinski definition) is 1. The number of carbonyl (C=O) groups is 1. The minimum absolute atomic E-state index is 0.254. The number of halogens is 2. The van der Waals surface area contributed by atoms with Crippen LogP contribution in [0.15, 0.2) is 42.5 Å². The van der Waals surface area contributed by atoms with E-state index in [0.29, 0.717) is 29.7 Å². The molecule has 3 aromatic rings. The number of imidazole rings is 1. The third-order valence-electron chi connectivity index (χ3n) is 5.61. The summed E-state index contributed by atoms with van der Waals surface area (Å²) in [6, 6.07) is 12.2. The van der Waals surface area contributed by atoms with Crippen LogP contribution in [0.2, 0.25) is 5.02 Å². The number of nitrogens with one attached hydrogen (secondary N) is 1. The van der Waals surface area contributed by atoms with Crippen molar-refractivity contribution in [2.75, 3.05) is 18.0 Å². The lowest BCUT2D eigenvalue weighted by Gasteiger charge is -2.36. The Hall–Kier alpha value is -3.31. The first-order chi connectivity index (χ1) is 16.1. The zero-order valence-electron chi connectivity index (χ0n) is 19.4. The van der Waals surface area contributed by atoms with Gasteiger partial charge in [0.05, 0.1) is 30.2 Å². The van der Waals surface area contributed by atoms with E-state index in [-0.39, 0.29) is 13.0 Å². The van der Waals surface area contributed by atoms with Crippen LogP contribution in [0, 0.1) is 6.57 Å². The Morgan fingerprint density at radius 2 is 2.03 bits per heavy atom. The molecular weight excluding hydrogens is 457 g/mol. The first-order valence-electron chi connectivity index (χ1n) is 11.1. The van der Waals surface area contributed by atoms with Gasteiger partial charge in [-0.3, -0.25) is 0 Å². The number of ether oxygens (including phenoxy) is 1. The van der Waals surface area contributed by atoms with Gasteiger partial charge in [0.2, 0.25) is 5.95 Å². The number of piperidine rings is 1. The standard InChI is InChI=1S/C25H27ClFN5O2/c1-25(2,3)34-24(33)30-21-15-31(12-11-19(21)27)23-29-20-10-7-17(26)13-22(20)32(23)14-16-5-8-18(28-4)9-6-16/h5-10,13,19,21H,11-12,14-15H2,1-3H3,(H,30,33)/t19-,21-/m1/s1. The van der Waals surface area contributed by atoms with Gasteiger partial charge in [0.25, 0.3) is 0 Å². The van der Waals surface area contributed by atoms with Gasteiger partial charge in [-0.05, 0) is 51.0 Å².